The number of nitrogens with zero attached hydrogens (tertiary/aromatic N) is 2. The van der Waals surface area contributed by atoms with Gasteiger partial charge in [0.2, 0.25) is 0 Å². The highest BCUT2D eigenvalue weighted by Gasteiger charge is 2.23. The molecule has 0 saturated heterocycles. The molecule has 1 aliphatic rings. The van der Waals surface area contributed by atoms with Crippen molar-refractivity contribution >= 4 is 0 Å². The third-order valence-electron chi connectivity index (χ3n) is 6.92. The first kappa shape index (κ1) is 27.4. The van der Waals surface area contributed by atoms with E-state index in [2.05, 4.69) is 43.0 Å². The average Bonchev–Trinajstić information content (AvgIpc) is 3.15. The summed E-state index contributed by atoms with van der Waals surface area (Å²) in [4.78, 5) is 5.17. The van der Waals surface area contributed by atoms with E-state index in [1.807, 2.05) is 0 Å². The Morgan fingerprint density at radius 2 is 0.867 bits per heavy atom. The molecule has 0 N–H and O–H groups in total. The van der Waals surface area contributed by atoms with E-state index < -0.39 is 0 Å². The van der Waals surface area contributed by atoms with Crippen LogP contribution in [0.5, 0.6) is 0 Å². The van der Waals surface area contributed by atoms with E-state index in [0.29, 0.717) is 6.17 Å². The Hall–Kier alpha value is -0.660. The topological polar surface area (TPSA) is 6.48 Å². The third kappa shape index (κ3) is 13.6. The van der Waals surface area contributed by atoms with E-state index in [1.54, 1.807) is 0 Å². The first-order valence-electron chi connectivity index (χ1n) is 14.0. The summed E-state index contributed by atoms with van der Waals surface area (Å²) >= 11 is 0. The molecule has 1 heterocycles. The van der Waals surface area contributed by atoms with Crippen molar-refractivity contribution in [3.8, 4) is 0 Å². The highest BCUT2D eigenvalue weighted by molar-refractivity contribution is 4.96. The van der Waals surface area contributed by atoms with Crippen LogP contribution in [0.3, 0.4) is 0 Å². The fraction of sp³-hybridized carbons (Fsp3) is 0.929. The molecule has 0 spiro atoms. The van der Waals surface area contributed by atoms with Gasteiger partial charge in [-0.3, -0.25) is 0 Å². The van der Waals surface area contributed by atoms with Crippen LogP contribution in [0.1, 0.15) is 149 Å². The molecule has 2 nitrogen and oxygen atoms in total. The van der Waals surface area contributed by atoms with Gasteiger partial charge >= 0.3 is 0 Å². The highest BCUT2D eigenvalue weighted by atomic mass is 15.4. The van der Waals surface area contributed by atoms with E-state index in [0.717, 1.165) is 6.54 Å². The molecule has 1 aliphatic heterocycles. The Kier molecular flexibility index (Phi) is 18.5. The van der Waals surface area contributed by atoms with Crippen molar-refractivity contribution in [2.24, 2.45) is 0 Å². The van der Waals surface area contributed by atoms with Gasteiger partial charge in [0.1, 0.15) is 6.17 Å². The molecule has 0 bridgehead atoms. The smallest absolute Gasteiger partial charge is 0.101 e. The number of rotatable bonds is 22. The molecule has 1 unspecified atom stereocenters. The van der Waals surface area contributed by atoms with Gasteiger partial charge in [-0.05, 0) is 26.2 Å². The van der Waals surface area contributed by atoms with Gasteiger partial charge in [0, 0.05) is 25.5 Å². The highest BCUT2D eigenvalue weighted by Crippen LogP contribution is 2.22. The summed E-state index contributed by atoms with van der Waals surface area (Å²) in [6.07, 6.45) is 33.9. The van der Waals surface area contributed by atoms with E-state index >= 15 is 0 Å². The van der Waals surface area contributed by atoms with Crippen LogP contribution in [-0.2, 0) is 0 Å². The minimum absolute atomic E-state index is 0.638. The SMILES string of the molecule is CCCCCCCCCCCCCCCCC1N(CC)C=CN1CCCCCCC. The van der Waals surface area contributed by atoms with Crippen LogP contribution < -0.4 is 0 Å². The first-order valence-corrected chi connectivity index (χ1v) is 14.0. The van der Waals surface area contributed by atoms with Crippen LogP contribution in [0.15, 0.2) is 12.4 Å². The minimum atomic E-state index is 0.638. The summed E-state index contributed by atoms with van der Waals surface area (Å²) in [5, 5.41) is 0. The van der Waals surface area contributed by atoms with Gasteiger partial charge in [0.25, 0.3) is 0 Å². The predicted molar refractivity (Wildman–Crippen MR) is 136 cm³/mol. The number of unbranched alkanes of at least 4 members (excludes halogenated alkanes) is 17. The van der Waals surface area contributed by atoms with Crippen LogP contribution in [0, 0.1) is 0 Å². The van der Waals surface area contributed by atoms with Crippen LogP contribution >= 0.6 is 0 Å². The fourth-order valence-electron chi connectivity index (χ4n) is 4.85. The summed E-state index contributed by atoms with van der Waals surface area (Å²) < 4.78 is 0. The van der Waals surface area contributed by atoms with Gasteiger partial charge < -0.3 is 9.80 Å². The quantitative estimate of drug-likeness (QED) is 0.161. The largest absolute Gasteiger partial charge is 0.356 e. The normalized spacial score (nSPS) is 16.2. The Morgan fingerprint density at radius 3 is 1.33 bits per heavy atom. The maximum Gasteiger partial charge on any atom is 0.101 e. The maximum atomic E-state index is 2.62. The van der Waals surface area contributed by atoms with Crippen molar-refractivity contribution in [3.05, 3.63) is 12.4 Å². The van der Waals surface area contributed by atoms with Gasteiger partial charge in [0.15, 0.2) is 0 Å². The first-order chi connectivity index (χ1) is 14.8. The Balaban J connectivity index is 1.97. The molecule has 0 fully saturated rings. The standard InChI is InChI=1S/C28H56N2/c1-4-7-9-11-12-13-14-15-16-17-18-19-20-22-24-28-29(6-3)26-27-30(28)25-23-21-10-8-5-2/h26-28H,4-25H2,1-3H3. The van der Waals surface area contributed by atoms with Crippen molar-refractivity contribution in [1.29, 1.82) is 0 Å². The summed E-state index contributed by atoms with van der Waals surface area (Å²) in [5.74, 6) is 0. The third-order valence-corrected chi connectivity index (χ3v) is 6.92. The van der Waals surface area contributed by atoms with Crippen molar-refractivity contribution in [2.45, 2.75) is 155 Å². The van der Waals surface area contributed by atoms with Crippen LogP contribution in [0.4, 0.5) is 0 Å². The fourth-order valence-corrected chi connectivity index (χ4v) is 4.85. The number of hydrogen-bond acceptors (Lipinski definition) is 2. The molecule has 0 saturated carbocycles. The van der Waals surface area contributed by atoms with E-state index in [1.165, 1.54) is 135 Å². The predicted octanol–water partition coefficient (Wildman–Crippen LogP) is 9.26. The van der Waals surface area contributed by atoms with Gasteiger partial charge in [-0.15, -0.1) is 0 Å². The van der Waals surface area contributed by atoms with Crippen molar-refractivity contribution in [3.63, 3.8) is 0 Å². The zero-order chi connectivity index (χ0) is 21.7. The molecular weight excluding hydrogens is 364 g/mol. The Labute approximate surface area is 190 Å². The molecule has 1 rings (SSSR count). The molecule has 1 atom stereocenters. The molecular formula is C28H56N2. The summed E-state index contributed by atoms with van der Waals surface area (Å²) in [7, 11) is 0. The lowest BCUT2D eigenvalue weighted by Gasteiger charge is -2.32. The summed E-state index contributed by atoms with van der Waals surface area (Å²) in [5.41, 5.74) is 0. The van der Waals surface area contributed by atoms with E-state index in [9.17, 15) is 0 Å². The molecule has 0 aromatic heterocycles. The van der Waals surface area contributed by atoms with Crippen LogP contribution in [0.2, 0.25) is 0 Å². The minimum Gasteiger partial charge on any atom is -0.356 e. The lowest BCUT2D eigenvalue weighted by atomic mass is 10.0. The average molecular weight is 421 g/mol. The molecule has 0 aromatic carbocycles. The lowest BCUT2D eigenvalue weighted by Crippen LogP contribution is -2.38. The van der Waals surface area contributed by atoms with E-state index in [-0.39, 0.29) is 0 Å². The Morgan fingerprint density at radius 1 is 0.467 bits per heavy atom. The number of hydrogen-bond donors (Lipinski definition) is 0. The zero-order valence-corrected chi connectivity index (χ0v) is 21.2. The lowest BCUT2D eigenvalue weighted by molar-refractivity contribution is 0.142. The second kappa shape index (κ2) is 20.3. The molecule has 30 heavy (non-hydrogen) atoms. The monoisotopic (exact) mass is 420 g/mol. The maximum absolute atomic E-state index is 2.62. The molecule has 0 amide bonds. The second-order valence-corrected chi connectivity index (χ2v) is 9.65. The summed E-state index contributed by atoms with van der Waals surface area (Å²) in [6.45, 7) is 9.30. The second-order valence-electron chi connectivity index (χ2n) is 9.65. The van der Waals surface area contributed by atoms with Crippen LogP contribution in [0.25, 0.3) is 0 Å². The Bertz CT molecular complexity index is 379. The van der Waals surface area contributed by atoms with Gasteiger partial charge in [-0.2, -0.15) is 0 Å². The van der Waals surface area contributed by atoms with Crippen molar-refractivity contribution in [2.75, 3.05) is 13.1 Å². The van der Waals surface area contributed by atoms with E-state index in [4.69, 9.17) is 0 Å². The molecule has 0 radical (unpaired) electrons. The van der Waals surface area contributed by atoms with Gasteiger partial charge in [-0.25, -0.2) is 0 Å². The van der Waals surface area contributed by atoms with Gasteiger partial charge in [0.05, 0.1) is 0 Å². The summed E-state index contributed by atoms with van der Waals surface area (Å²) in [6, 6.07) is 0. The van der Waals surface area contributed by atoms with Crippen molar-refractivity contribution in [1.82, 2.24) is 9.80 Å². The van der Waals surface area contributed by atoms with Crippen molar-refractivity contribution < 1.29 is 0 Å². The van der Waals surface area contributed by atoms with Gasteiger partial charge in [-0.1, -0.05) is 123 Å². The molecule has 0 aromatic rings. The van der Waals surface area contributed by atoms with Crippen LogP contribution in [-0.4, -0.2) is 29.1 Å². The zero-order valence-electron chi connectivity index (χ0n) is 21.2. The molecule has 178 valence electrons. The molecule has 2 heteroatoms. The molecule has 0 aliphatic carbocycles.